The molecule has 8 aromatic rings. The average molecular weight is 654 g/mol. The van der Waals surface area contributed by atoms with Gasteiger partial charge < -0.3 is 0 Å². The van der Waals surface area contributed by atoms with Crippen LogP contribution in [0.2, 0.25) is 0 Å². The van der Waals surface area contributed by atoms with Gasteiger partial charge in [0.1, 0.15) is 0 Å². The average Bonchev–Trinajstić information content (AvgIpc) is 3.12. The normalized spacial score (nSPS) is 15.7. The molecule has 8 heteroatoms. The highest BCUT2D eigenvalue weighted by Crippen LogP contribution is 2.35. The Hall–Kier alpha value is -5.17. The van der Waals surface area contributed by atoms with Gasteiger partial charge in [0, 0.05) is 0 Å². The Labute approximate surface area is 279 Å². The summed E-state index contributed by atoms with van der Waals surface area (Å²) in [6, 6.07) is 46.7. The van der Waals surface area contributed by atoms with Gasteiger partial charge in [0.2, 0.25) is 33.1 Å². The lowest BCUT2D eigenvalue weighted by Gasteiger charge is -2.29. The Morgan fingerprint density at radius 1 is 0.312 bits per heavy atom. The van der Waals surface area contributed by atoms with E-state index in [1.807, 2.05) is 48.5 Å². The highest BCUT2D eigenvalue weighted by molar-refractivity contribution is 7.92. The van der Waals surface area contributed by atoms with Crippen LogP contribution in [-0.4, -0.2) is 30.3 Å². The lowest BCUT2D eigenvalue weighted by atomic mass is 9.35. The lowest BCUT2D eigenvalue weighted by Crippen LogP contribution is -2.58. The van der Waals surface area contributed by atoms with Gasteiger partial charge in [0.05, 0.1) is 19.6 Å². The Kier molecular flexibility index (Phi) is 5.63. The largest absolute Gasteiger partial charge is 0.245 e. The number of hydrogen-bond acceptors (Lipinski definition) is 4. The molecule has 2 aliphatic rings. The van der Waals surface area contributed by atoms with Gasteiger partial charge in [-0.2, -0.15) is 0 Å². The van der Waals surface area contributed by atoms with Crippen LogP contribution in [0.15, 0.2) is 165 Å². The van der Waals surface area contributed by atoms with Crippen molar-refractivity contribution in [1.82, 2.24) is 0 Å². The molecule has 0 spiro atoms. The molecule has 2 heterocycles. The first-order valence-electron chi connectivity index (χ1n) is 15.9. The van der Waals surface area contributed by atoms with Crippen LogP contribution < -0.4 is 32.8 Å². The fraction of sp³-hybridized carbons (Fsp3) is 0. The zero-order valence-corrected chi connectivity index (χ0v) is 27.1. The Morgan fingerprint density at radius 2 is 0.604 bits per heavy atom. The first-order chi connectivity index (χ1) is 23.4. The molecule has 48 heavy (non-hydrogen) atoms. The van der Waals surface area contributed by atoms with E-state index in [0.717, 1.165) is 65.1 Å². The third kappa shape index (κ3) is 3.56. The number of hydrogen-bond donors (Lipinski definition) is 0. The minimum atomic E-state index is -3.66. The fourth-order valence-corrected chi connectivity index (χ4v) is 11.9. The summed E-state index contributed by atoms with van der Waals surface area (Å²) in [7, 11) is -7.33. The van der Waals surface area contributed by atoms with Crippen molar-refractivity contribution in [2.45, 2.75) is 19.6 Å². The van der Waals surface area contributed by atoms with Crippen LogP contribution in [0.25, 0.3) is 32.3 Å². The van der Waals surface area contributed by atoms with E-state index in [2.05, 4.69) is 48.5 Å². The molecule has 10 rings (SSSR count). The minimum Gasteiger partial charge on any atom is -0.219 e. The molecule has 0 N–H and O–H groups in total. The predicted octanol–water partition coefficient (Wildman–Crippen LogP) is 3.91. The van der Waals surface area contributed by atoms with Gasteiger partial charge in [0.25, 0.3) is 0 Å². The van der Waals surface area contributed by atoms with Crippen LogP contribution in [-0.2, 0) is 19.7 Å². The van der Waals surface area contributed by atoms with E-state index < -0.39 is 19.7 Å². The maximum atomic E-state index is 13.8. The first kappa shape index (κ1) is 27.9. The van der Waals surface area contributed by atoms with Gasteiger partial charge in [-0.15, -0.1) is 0 Å². The van der Waals surface area contributed by atoms with Crippen LogP contribution in [0.1, 0.15) is 0 Å². The Balaban J connectivity index is 1.28. The zero-order valence-electron chi connectivity index (χ0n) is 25.5. The van der Waals surface area contributed by atoms with Crippen LogP contribution in [0, 0.1) is 0 Å². The number of sulfone groups is 2. The molecule has 0 saturated heterocycles. The standard InChI is InChI=1S/C40H24B2O4S2/c43-47(44)35-13-5-1-9-31(35)41(32-10-2-6-14-36(32)47)29-23-19-25-17-18-26-20-24-30(28-22-21-27(29)39(25)40(26)28)42-33-11-3-7-15-37(33)48(45,46)38-16-8-4-12-34(38)42/h1-24H. The summed E-state index contributed by atoms with van der Waals surface area (Å²) in [5.41, 5.74) is 5.23. The minimum absolute atomic E-state index is 0.271. The highest BCUT2D eigenvalue weighted by atomic mass is 32.2. The van der Waals surface area contributed by atoms with E-state index in [1.54, 1.807) is 48.5 Å². The van der Waals surface area contributed by atoms with Crippen LogP contribution in [0.5, 0.6) is 0 Å². The molecule has 2 aliphatic heterocycles. The van der Waals surface area contributed by atoms with Gasteiger partial charge >= 0.3 is 0 Å². The molecule has 8 aromatic carbocycles. The van der Waals surface area contributed by atoms with Crippen molar-refractivity contribution in [3.8, 4) is 0 Å². The van der Waals surface area contributed by atoms with E-state index >= 15 is 0 Å². The third-order valence-electron chi connectivity index (χ3n) is 10.4. The summed E-state index contributed by atoms with van der Waals surface area (Å²) < 4.78 is 55.1. The second kappa shape index (κ2) is 9.69. The summed E-state index contributed by atoms with van der Waals surface area (Å²) >= 11 is 0. The highest BCUT2D eigenvalue weighted by Gasteiger charge is 2.41. The molecule has 0 bridgehead atoms. The van der Waals surface area contributed by atoms with Crippen molar-refractivity contribution in [2.75, 3.05) is 0 Å². The smallest absolute Gasteiger partial charge is 0.219 e. The van der Waals surface area contributed by atoms with Gasteiger partial charge in [-0.25, -0.2) is 16.8 Å². The molecule has 0 fully saturated rings. The van der Waals surface area contributed by atoms with Crippen molar-refractivity contribution in [3.05, 3.63) is 146 Å². The van der Waals surface area contributed by atoms with Crippen molar-refractivity contribution >= 4 is 98.2 Å². The first-order valence-corrected chi connectivity index (χ1v) is 18.9. The Morgan fingerprint density at radius 3 is 0.938 bits per heavy atom. The molecule has 0 amide bonds. The van der Waals surface area contributed by atoms with Crippen LogP contribution >= 0.6 is 0 Å². The van der Waals surface area contributed by atoms with Crippen LogP contribution in [0.3, 0.4) is 0 Å². The van der Waals surface area contributed by atoms with Crippen molar-refractivity contribution in [3.63, 3.8) is 0 Å². The third-order valence-corrected chi connectivity index (χ3v) is 14.2. The molecule has 4 nitrogen and oxygen atoms in total. The second-order valence-electron chi connectivity index (χ2n) is 12.8. The monoisotopic (exact) mass is 654 g/mol. The van der Waals surface area contributed by atoms with E-state index in [4.69, 9.17) is 0 Å². The molecule has 0 radical (unpaired) electrons. The molecule has 0 aliphatic carbocycles. The topological polar surface area (TPSA) is 68.3 Å². The zero-order chi connectivity index (χ0) is 32.4. The molecular weight excluding hydrogens is 630 g/mol. The Bertz CT molecular complexity index is 2600. The van der Waals surface area contributed by atoms with Gasteiger partial charge in [-0.1, -0.05) is 132 Å². The number of fused-ring (bicyclic) bond motifs is 4. The molecule has 226 valence electrons. The quantitative estimate of drug-likeness (QED) is 0.210. The van der Waals surface area contributed by atoms with Gasteiger partial charge in [-0.3, -0.25) is 0 Å². The van der Waals surface area contributed by atoms with E-state index in [1.165, 1.54) is 0 Å². The summed E-state index contributed by atoms with van der Waals surface area (Å²) in [5.74, 6) is 0. The number of benzene rings is 8. The maximum absolute atomic E-state index is 13.8. The summed E-state index contributed by atoms with van der Waals surface area (Å²) in [4.78, 5) is 1.41. The van der Waals surface area contributed by atoms with Crippen molar-refractivity contribution < 1.29 is 16.8 Å². The summed E-state index contributed by atoms with van der Waals surface area (Å²) in [6.07, 6.45) is 0. The van der Waals surface area contributed by atoms with E-state index in [-0.39, 0.29) is 13.4 Å². The van der Waals surface area contributed by atoms with Gasteiger partial charge in [0.15, 0.2) is 0 Å². The summed E-state index contributed by atoms with van der Waals surface area (Å²) in [6.45, 7) is -0.542. The van der Waals surface area contributed by atoms with Crippen molar-refractivity contribution in [1.29, 1.82) is 0 Å². The van der Waals surface area contributed by atoms with E-state index in [9.17, 15) is 16.8 Å². The molecule has 0 saturated carbocycles. The molecule has 0 unspecified atom stereocenters. The summed E-state index contributed by atoms with van der Waals surface area (Å²) in [5, 5.41) is 6.59. The molecular formula is C40H24B2O4S2. The predicted molar refractivity (Wildman–Crippen MR) is 196 cm³/mol. The molecule has 0 atom stereocenters. The maximum Gasteiger partial charge on any atom is 0.245 e. The SMILES string of the molecule is O=S1(=O)c2ccccc2B(c2ccc3ccc4ccc(B5c6ccccc6S(=O)(=O)c6ccccc65)c5ccc2c3c45)c2ccccc21. The lowest BCUT2D eigenvalue weighted by molar-refractivity contribution is 0.595. The van der Waals surface area contributed by atoms with Gasteiger partial charge in [-0.05, 0) is 78.4 Å². The second-order valence-corrected chi connectivity index (χ2v) is 16.5. The van der Waals surface area contributed by atoms with E-state index in [0.29, 0.717) is 19.6 Å². The van der Waals surface area contributed by atoms with Crippen molar-refractivity contribution in [2.24, 2.45) is 0 Å². The number of rotatable bonds is 2. The molecule has 0 aromatic heterocycles. The van der Waals surface area contributed by atoms with Crippen LogP contribution in [0.4, 0.5) is 0 Å². The fourth-order valence-electron chi connectivity index (χ4n) is 8.45.